The molecule has 134 valence electrons. The molecule has 1 amide bonds. The van der Waals surface area contributed by atoms with Crippen LogP contribution in [0.25, 0.3) is 11.1 Å². The summed E-state index contributed by atoms with van der Waals surface area (Å²) in [5.74, 6) is 0.324. The molecular formula is C19H20N4O3. The number of nitrogens with zero attached hydrogens (tertiary/aromatic N) is 3. The Hall–Kier alpha value is -3.09. The summed E-state index contributed by atoms with van der Waals surface area (Å²) in [6.07, 6.45) is 4.24. The Morgan fingerprint density at radius 1 is 1.15 bits per heavy atom. The minimum absolute atomic E-state index is 0.169. The van der Waals surface area contributed by atoms with E-state index in [1.807, 2.05) is 18.2 Å². The Labute approximate surface area is 150 Å². The van der Waals surface area contributed by atoms with Gasteiger partial charge in [-0.1, -0.05) is 12.1 Å². The minimum atomic E-state index is -0.448. The van der Waals surface area contributed by atoms with Gasteiger partial charge in [-0.05, 0) is 37.1 Å². The Kier molecular flexibility index (Phi) is 4.43. The molecule has 1 fully saturated rings. The van der Waals surface area contributed by atoms with Gasteiger partial charge in [-0.25, -0.2) is 9.78 Å². The molecule has 3 aromatic rings. The summed E-state index contributed by atoms with van der Waals surface area (Å²) in [5.41, 5.74) is 1.88. The zero-order valence-electron chi connectivity index (χ0n) is 14.4. The van der Waals surface area contributed by atoms with Gasteiger partial charge >= 0.3 is 5.76 Å². The number of fused-ring (bicyclic) bond motifs is 1. The molecule has 0 saturated carbocycles. The van der Waals surface area contributed by atoms with E-state index in [9.17, 15) is 9.59 Å². The third kappa shape index (κ3) is 3.33. The van der Waals surface area contributed by atoms with E-state index in [4.69, 9.17) is 4.42 Å². The number of benzene rings is 1. The average Bonchev–Trinajstić information content (AvgIpc) is 3.28. The molecule has 4 rings (SSSR count). The van der Waals surface area contributed by atoms with Gasteiger partial charge in [0, 0.05) is 26.1 Å². The highest BCUT2D eigenvalue weighted by Crippen LogP contribution is 2.19. The quantitative estimate of drug-likeness (QED) is 0.763. The third-order valence-corrected chi connectivity index (χ3v) is 4.60. The zero-order valence-corrected chi connectivity index (χ0v) is 14.4. The summed E-state index contributed by atoms with van der Waals surface area (Å²) in [4.78, 5) is 30.8. The Balaban J connectivity index is 1.38. The number of nitrogens with one attached hydrogen (secondary N) is 1. The SMILES string of the molecule is O=C(CCn1c(=O)oc2ccccc21)Nc1ccc(N2CCCC2)nc1. The van der Waals surface area contributed by atoms with Gasteiger partial charge < -0.3 is 14.6 Å². The first-order valence-corrected chi connectivity index (χ1v) is 8.80. The van der Waals surface area contributed by atoms with Gasteiger partial charge in [-0.15, -0.1) is 0 Å². The lowest BCUT2D eigenvalue weighted by Gasteiger charge is -2.16. The van der Waals surface area contributed by atoms with Crippen molar-refractivity contribution in [3.05, 3.63) is 53.1 Å². The topological polar surface area (TPSA) is 80.4 Å². The number of pyridine rings is 1. The number of oxazole rings is 1. The molecule has 0 bridgehead atoms. The van der Waals surface area contributed by atoms with Crippen molar-refractivity contribution < 1.29 is 9.21 Å². The molecular weight excluding hydrogens is 332 g/mol. The van der Waals surface area contributed by atoms with E-state index >= 15 is 0 Å². The lowest BCUT2D eigenvalue weighted by Crippen LogP contribution is -2.20. The van der Waals surface area contributed by atoms with Crippen molar-refractivity contribution in [2.75, 3.05) is 23.3 Å². The fraction of sp³-hybridized carbons (Fsp3) is 0.316. The Bertz CT molecular complexity index is 968. The maximum Gasteiger partial charge on any atom is 0.419 e. The lowest BCUT2D eigenvalue weighted by atomic mass is 10.3. The number of hydrogen-bond acceptors (Lipinski definition) is 5. The van der Waals surface area contributed by atoms with Gasteiger partial charge in [0.15, 0.2) is 5.58 Å². The van der Waals surface area contributed by atoms with E-state index in [1.54, 1.807) is 24.4 Å². The molecule has 1 aliphatic heterocycles. The molecule has 0 atom stereocenters. The smallest absolute Gasteiger partial charge is 0.408 e. The maximum absolute atomic E-state index is 12.2. The van der Waals surface area contributed by atoms with Gasteiger partial charge in [-0.3, -0.25) is 9.36 Å². The molecule has 7 heteroatoms. The number of amides is 1. The van der Waals surface area contributed by atoms with Crippen molar-refractivity contribution in [1.82, 2.24) is 9.55 Å². The van der Waals surface area contributed by atoms with Crippen LogP contribution in [0.1, 0.15) is 19.3 Å². The van der Waals surface area contributed by atoms with E-state index in [-0.39, 0.29) is 18.9 Å². The van der Waals surface area contributed by atoms with Crippen LogP contribution in [0.15, 0.2) is 51.8 Å². The maximum atomic E-state index is 12.2. The Morgan fingerprint density at radius 3 is 2.73 bits per heavy atom. The largest absolute Gasteiger partial charge is 0.419 e. The lowest BCUT2D eigenvalue weighted by molar-refractivity contribution is -0.116. The fourth-order valence-electron chi connectivity index (χ4n) is 3.26. The summed E-state index contributed by atoms with van der Waals surface area (Å²) in [6.45, 7) is 2.33. The second kappa shape index (κ2) is 7.03. The van der Waals surface area contributed by atoms with Crippen LogP contribution < -0.4 is 16.0 Å². The highest BCUT2D eigenvalue weighted by molar-refractivity contribution is 5.90. The first-order valence-electron chi connectivity index (χ1n) is 8.80. The zero-order chi connectivity index (χ0) is 17.9. The second-order valence-corrected chi connectivity index (χ2v) is 6.38. The van der Waals surface area contributed by atoms with Gasteiger partial charge in [0.1, 0.15) is 5.82 Å². The van der Waals surface area contributed by atoms with Crippen molar-refractivity contribution in [2.24, 2.45) is 0 Å². The molecule has 7 nitrogen and oxygen atoms in total. The number of hydrogen-bond donors (Lipinski definition) is 1. The standard InChI is InChI=1S/C19H20N4O3/c24-18(9-12-23-15-5-1-2-6-16(15)26-19(23)25)21-14-7-8-17(20-13-14)22-10-3-4-11-22/h1-2,5-8,13H,3-4,9-12H2,(H,21,24). The van der Waals surface area contributed by atoms with Crippen LogP contribution in [0, 0.1) is 0 Å². The number of aromatic nitrogens is 2. The van der Waals surface area contributed by atoms with Crippen molar-refractivity contribution >= 4 is 28.5 Å². The number of carbonyl (C=O) groups excluding carboxylic acids is 1. The van der Waals surface area contributed by atoms with Crippen LogP contribution in [-0.2, 0) is 11.3 Å². The van der Waals surface area contributed by atoms with Gasteiger partial charge in [0.05, 0.1) is 17.4 Å². The van der Waals surface area contributed by atoms with E-state index < -0.39 is 5.76 Å². The molecule has 1 aliphatic rings. The Morgan fingerprint density at radius 2 is 1.96 bits per heavy atom. The van der Waals surface area contributed by atoms with Crippen molar-refractivity contribution in [3.8, 4) is 0 Å². The summed E-state index contributed by atoms with van der Waals surface area (Å²) >= 11 is 0. The van der Waals surface area contributed by atoms with Crippen LogP contribution in [0.3, 0.4) is 0 Å². The van der Waals surface area contributed by atoms with Crippen LogP contribution in [0.4, 0.5) is 11.5 Å². The first kappa shape index (κ1) is 16.4. The van der Waals surface area contributed by atoms with Crippen LogP contribution in [0.2, 0.25) is 0 Å². The molecule has 1 aromatic carbocycles. The fourth-order valence-corrected chi connectivity index (χ4v) is 3.26. The molecule has 26 heavy (non-hydrogen) atoms. The second-order valence-electron chi connectivity index (χ2n) is 6.38. The monoisotopic (exact) mass is 352 g/mol. The predicted octanol–water partition coefficient (Wildman–Crippen LogP) is 2.62. The van der Waals surface area contributed by atoms with Crippen LogP contribution in [-0.4, -0.2) is 28.5 Å². The molecule has 0 spiro atoms. The molecule has 2 aromatic heterocycles. The number of anilines is 2. The van der Waals surface area contributed by atoms with Crippen LogP contribution >= 0.6 is 0 Å². The van der Waals surface area contributed by atoms with E-state index in [0.29, 0.717) is 16.8 Å². The first-order chi connectivity index (χ1) is 12.7. The number of para-hydroxylation sites is 2. The predicted molar refractivity (Wildman–Crippen MR) is 99.4 cm³/mol. The van der Waals surface area contributed by atoms with Crippen molar-refractivity contribution in [3.63, 3.8) is 0 Å². The molecule has 1 N–H and O–H groups in total. The summed E-state index contributed by atoms with van der Waals surface area (Å²) in [7, 11) is 0. The molecule has 1 saturated heterocycles. The summed E-state index contributed by atoms with van der Waals surface area (Å²) < 4.78 is 6.65. The van der Waals surface area contributed by atoms with Gasteiger partial charge in [-0.2, -0.15) is 0 Å². The summed E-state index contributed by atoms with van der Waals surface area (Å²) in [6, 6.07) is 11.0. The number of rotatable bonds is 5. The molecule has 3 heterocycles. The number of aryl methyl sites for hydroxylation is 1. The summed E-state index contributed by atoms with van der Waals surface area (Å²) in [5, 5.41) is 2.82. The van der Waals surface area contributed by atoms with E-state index in [1.165, 1.54) is 17.4 Å². The molecule has 0 radical (unpaired) electrons. The average molecular weight is 352 g/mol. The highest BCUT2D eigenvalue weighted by atomic mass is 16.4. The van der Waals surface area contributed by atoms with E-state index in [0.717, 1.165) is 18.9 Å². The van der Waals surface area contributed by atoms with Crippen molar-refractivity contribution in [2.45, 2.75) is 25.8 Å². The number of carbonyl (C=O) groups is 1. The molecule has 0 unspecified atom stereocenters. The van der Waals surface area contributed by atoms with E-state index in [2.05, 4.69) is 15.2 Å². The van der Waals surface area contributed by atoms with Crippen LogP contribution in [0.5, 0.6) is 0 Å². The normalized spacial score (nSPS) is 14.1. The highest BCUT2D eigenvalue weighted by Gasteiger charge is 2.14. The third-order valence-electron chi connectivity index (χ3n) is 4.60. The minimum Gasteiger partial charge on any atom is -0.408 e. The van der Waals surface area contributed by atoms with Crippen molar-refractivity contribution in [1.29, 1.82) is 0 Å². The van der Waals surface area contributed by atoms with Gasteiger partial charge in [0.2, 0.25) is 5.91 Å². The van der Waals surface area contributed by atoms with Gasteiger partial charge in [0.25, 0.3) is 0 Å². The molecule has 0 aliphatic carbocycles.